The van der Waals surface area contributed by atoms with Crippen LogP contribution in [0, 0.1) is 6.92 Å². The summed E-state index contributed by atoms with van der Waals surface area (Å²) in [7, 11) is -7.97. The molecule has 0 spiro atoms. The Labute approximate surface area is 200 Å². The van der Waals surface area contributed by atoms with Crippen molar-refractivity contribution in [2.24, 2.45) is 0 Å². The van der Waals surface area contributed by atoms with E-state index in [2.05, 4.69) is 4.72 Å². The second kappa shape index (κ2) is 8.57. The average molecular weight is 520 g/mol. The van der Waals surface area contributed by atoms with E-state index in [0.29, 0.717) is 21.5 Å². The first-order chi connectivity index (χ1) is 15.5. The summed E-state index contributed by atoms with van der Waals surface area (Å²) in [5, 5.41) is 1.19. The van der Waals surface area contributed by atoms with Crippen LogP contribution in [0.2, 0.25) is 5.02 Å². The first kappa shape index (κ1) is 23.4. The lowest BCUT2D eigenvalue weighted by Crippen LogP contribution is -2.16. The van der Waals surface area contributed by atoms with Crippen molar-refractivity contribution in [2.45, 2.75) is 16.0 Å². The zero-order chi connectivity index (χ0) is 24.0. The van der Waals surface area contributed by atoms with Gasteiger partial charge in [0, 0.05) is 27.1 Å². The van der Waals surface area contributed by atoms with Gasteiger partial charge in [0.25, 0.3) is 10.0 Å². The van der Waals surface area contributed by atoms with E-state index >= 15 is 0 Å². The average Bonchev–Trinajstić information content (AvgIpc) is 3.10. The van der Waals surface area contributed by atoms with E-state index in [-0.39, 0.29) is 26.1 Å². The fourth-order valence-electron chi connectivity index (χ4n) is 3.43. The lowest BCUT2D eigenvalue weighted by atomic mass is 10.0. The molecule has 0 aliphatic rings. The van der Waals surface area contributed by atoms with Gasteiger partial charge in [-0.1, -0.05) is 41.9 Å². The van der Waals surface area contributed by atoms with Crippen molar-refractivity contribution in [1.29, 1.82) is 0 Å². The van der Waals surface area contributed by atoms with Crippen LogP contribution in [0.1, 0.15) is 21.5 Å². The van der Waals surface area contributed by atoms with Crippen LogP contribution >= 0.6 is 22.9 Å². The van der Waals surface area contributed by atoms with E-state index in [0.717, 1.165) is 22.3 Å². The minimum Gasteiger partial charge on any atom is -0.289 e. The zero-order valence-corrected chi connectivity index (χ0v) is 20.7. The number of sulfone groups is 1. The number of rotatable bonds is 6. The van der Waals surface area contributed by atoms with Crippen LogP contribution in [0.3, 0.4) is 0 Å². The summed E-state index contributed by atoms with van der Waals surface area (Å²) in [4.78, 5) is 12.5. The number of anilines is 1. The Balaban J connectivity index is 1.78. The first-order valence-electron chi connectivity index (χ1n) is 9.63. The Morgan fingerprint density at radius 2 is 1.61 bits per heavy atom. The molecule has 6 nitrogen and oxygen atoms in total. The van der Waals surface area contributed by atoms with Crippen LogP contribution in [-0.2, 0) is 19.9 Å². The van der Waals surface area contributed by atoms with Crippen LogP contribution in [0.5, 0.6) is 0 Å². The molecule has 0 unspecified atom stereocenters. The van der Waals surface area contributed by atoms with Gasteiger partial charge in [-0.15, -0.1) is 11.3 Å². The van der Waals surface area contributed by atoms with Crippen molar-refractivity contribution < 1.29 is 21.6 Å². The molecule has 0 atom stereocenters. The quantitative estimate of drug-likeness (QED) is 0.349. The summed E-state index contributed by atoms with van der Waals surface area (Å²) in [5.41, 5.74) is 0.917. The molecule has 1 heterocycles. The molecule has 0 fully saturated rings. The SMILES string of the molecule is Cc1c(S(=O)(=O)Nc2ccc(C(=O)c3ccccc3)cc2S(C)(=O)=O)sc2ccc(Cl)cc12. The summed E-state index contributed by atoms with van der Waals surface area (Å²) in [5.74, 6) is -0.368. The molecule has 170 valence electrons. The molecule has 0 amide bonds. The van der Waals surface area contributed by atoms with Gasteiger partial charge >= 0.3 is 0 Å². The van der Waals surface area contributed by atoms with Gasteiger partial charge < -0.3 is 0 Å². The molecule has 33 heavy (non-hydrogen) atoms. The summed E-state index contributed by atoms with van der Waals surface area (Å²) in [6.45, 7) is 1.67. The van der Waals surface area contributed by atoms with Crippen LogP contribution in [0.4, 0.5) is 5.69 Å². The van der Waals surface area contributed by atoms with E-state index < -0.39 is 19.9 Å². The van der Waals surface area contributed by atoms with Crippen LogP contribution in [0.15, 0.2) is 75.8 Å². The van der Waals surface area contributed by atoms with Gasteiger partial charge in [0.2, 0.25) is 0 Å². The number of nitrogens with one attached hydrogen (secondary N) is 1. The molecule has 0 radical (unpaired) electrons. The highest BCUT2D eigenvalue weighted by Gasteiger charge is 2.25. The number of halogens is 1. The van der Waals surface area contributed by atoms with Crippen LogP contribution in [0.25, 0.3) is 10.1 Å². The highest BCUT2D eigenvalue weighted by molar-refractivity contribution is 7.95. The van der Waals surface area contributed by atoms with Gasteiger partial charge in [-0.2, -0.15) is 0 Å². The third-order valence-corrected chi connectivity index (χ3v) is 9.65. The minimum absolute atomic E-state index is 0.0589. The minimum atomic E-state index is -4.11. The molecule has 4 rings (SSSR count). The van der Waals surface area contributed by atoms with E-state index in [1.807, 2.05) is 0 Å². The molecule has 3 aromatic carbocycles. The summed E-state index contributed by atoms with van der Waals surface area (Å²) >= 11 is 7.11. The van der Waals surface area contributed by atoms with Crippen LogP contribution < -0.4 is 4.72 Å². The van der Waals surface area contributed by atoms with Crippen LogP contribution in [-0.4, -0.2) is 28.9 Å². The number of aryl methyl sites for hydroxylation is 1. The molecule has 0 saturated carbocycles. The fourth-order valence-corrected chi connectivity index (χ4v) is 7.35. The molecule has 1 aromatic heterocycles. The number of benzene rings is 3. The summed E-state index contributed by atoms with van der Waals surface area (Å²) in [6.07, 6.45) is 0.962. The summed E-state index contributed by atoms with van der Waals surface area (Å²) in [6, 6.07) is 17.4. The molecular weight excluding hydrogens is 502 g/mol. The summed E-state index contributed by atoms with van der Waals surface area (Å²) < 4.78 is 54.5. The number of hydrogen-bond acceptors (Lipinski definition) is 6. The molecule has 4 aromatic rings. The highest BCUT2D eigenvalue weighted by Crippen LogP contribution is 2.37. The molecule has 10 heteroatoms. The largest absolute Gasteiger partial charge is 0.289 e. The Kier molecular flexibility index (Phi) is 6.09. The molecule has 0 aliphatic carbocycles. The maximum atomic E-state index is 13.2. The van der Waals surface area contributed by atoms with Gasteiger partial charge in [0.05, 0.1) is 10.6 Å². The normalized spacial score (nSPS) is 12.1. The second-order valence-electron chi connectivity index (χ2n) is 7.44. The molecule has 1 N–H and O–H groups in total. The lowest BCUT2D eigenvalue weighted by Gasteiger charge is -2.13. The Hall–Kier alpha value is -2.72. The predicted molar refractivity (Wildman–Crippen MR) is 132 cm³/mol. The Morgan fingerprint density at radius 3 is 2.27 bits per heavy atom. The van der Waals surface area contributed by atoms with Crippen molar-refractivity contribution >= 4 is 64.4 Å². The van der Waals surface area contributed by atoms with Gasteiger partial charge in [-0.05, 0) is 54.3 Å². The standard InChI is InChI=1S/C23H18ClNO5S3/c1-14-18-13-17(24)9-11-20(18)31-23(14)33(29,30)25-19-10-8-16(12-21(19)32(2,27)28)22(26)15-6-4-3-5-7-15/h3-13,25H,1-2H3. The van der Waals surface area contributed by atoms with Crippen molar-refractivity contribution in [3.05, 3.63) is 88.4 Å². The van der Waals surface area contributed by atoms with E-state index in [1.165, 1.54) is 18.2 Å². The smallest absolute Gasteiger partial charge is 0.271 e. The Bertz CT molecular complexity index is 1610. The molecule has 0 saturated heterocycles. The van der Waals surface area contributed by atoms with E-state index in [1.54, 1.807) is 55.5 Å². The van der Waals surface area contributed by atoms with Crippen molar-refractivity contribution in [1.82, 2.24) is 0 Å². The number of carbonyl (C=O) groups is 1. The highest BCUT2D eigenvalue weighted by atomic mass is 35.5. The number of sulfonamides is 1. The van der Waals surface area contributed by atoms with Crippen molar-refractivity contribution in [3.63, 3.8) is 0 Å². The van der Waals surface area contributed by atoms with E-state index in [4.69, 9.17) is 11.6 Å². The Morgan fingerprint density at radius 1 is 0.909 bits per heavy atom. The number of thiophene rings is 1. The molecular formula is C23H18ClNO5S3. The third-order valence-electron chi connectivity index (χ3n) is 5.02. The number of ketones is 1. The number of carbonyl (C=O) groups excluding carboxylic acids is 1. The monoisotopic (exact) mass is 519 g/mol. The number of fused-ring (bicyclic) bond motifs is 1. The second-order valence-corrected chi connectivity index (χ2v) is 12.8. The van der Waals surface area contributed by atoms with Crippen molar-refractivity contribution in [2.75, 3.05) is 11.0 Å². The topological polar surface area (TPSA) is 97.4 Å². The maximum absolute atomic E-state index is 13.2. The molecule has 0 bridgehead atoms. The van der Waals surface area contributed by atoms with Gasteiger partial charge in [-0.3, -0.25) is 9.52 Å². The van der Waals surface area contributed by atoms with Gasteiger partial charge in [0.1, 0.15) is 4.21 Å². The lowest BCUT2D eigenvalue weighted by molar-refractivity contribution is 0.103. The zero-order valence-electron chi connectivity index (χ0n) is 17.5. The molecule has 0 aliphatic heterocycles. The third kappa shape index (κ3) is 4.67. The maximum Gasteiger partial charge on any atom is 0.271 e. The van der Waals surface area contributed by atoms with Gasteiger partial charge in [0.15, 0.2) is 15.6 Å². The van der Waals surface area contributed by atoms with Gasteiger partial charge in [-0.25, -0.2) is 16.8 Å². The number of hydrogen-bond donors (Lipinski definition) is 1. The van der Waals surface area contributed by atoms with E-state index in [9.17, 15) is 21.6 Å². The van der Waals surface area contributed by atoms with Crippen molar-refractivity contribution in [3.8, 4) is 0 Å². The predicted octanol–water partition coefficient (Wildman–Crippen LogP) is 5.30. The fraction of sp³-hybridized carbons (Fsp3) is 0.0870. The first-order valence-corrected chi connectivity index (χ1v) is 14.2.